The molecule has 0 aliphatic carbocycles. The minimum atomic E-state index is -3.90. The van der Waals surface area contributed by atoms with Gasteiger partial charge in [0.1, 0.15) is 0 Å². The van der Waals surface area contributed by atoms with Gasteiger partial charge >= 0.3 is 0 Å². The Morgan fingerprint density at radius 2 is 1.89 bits per heavy atom. The predicted octanol–water partition coefficient (Wildman–Crippen LogP) is 2.35. The molecule has 0 spiro atoms. The van der Waals surface area contributed by atoms with E-state index in [0.717, 1.165) is 4.79 Å². The molecule has 0 fully saturated rings. The molecule has 27 heavy (non-hydrogen) atoms. The Balaban J connectivity index is 1.69. The van der Waals surface area contributed by atoms with Gasteiger partial charge in [-0.25, -0.2) is 0 Å². The molecule has 1 aromatic heterocycles. The summed E-state index contributed by atoms with van der Waals surface area (Å²) in [6.07, 6.45) is 1.29. The summed E-state index contributed by atoms with van der Waals surface area (Å²) in [5, 5.41) is 10.6. The monoisotopic (exact) mass is 405 g/mol. The van der Waals surface area contributed by atoms with E-state index in [1.54, 1.807) is 43.3 Å². The van der Waals surface area contributed by atoms with Crippen molar-refractivity contribution in [3.8, 4) is 0 Å². The largest absolute Gasteiger partial charge is 0.326 e. The summed E-state index contributed by atoms with van der Waals surface area (Å²) in [4.78, 5) is 15.3. The number of para-hydroxylation sites is 1. The van der Waals surface area contributed by atoms with Crippen molar-refractivity contribution in [2.75, 3.05) is 10.1 Å². The van der Waals surface area contributed by atoms with E-state index in [1.807, 2.05) is 6.07 Å². The second-order valence-electron chi connectivity index (χ2n) is 5.70. The molecule has 3 rings (SSSR count). The molecule has 2 aromatic carbocycles. The maximum absolute atomic E-state index is 12.5. The van der Waals surface area contributed by atoms with E-state index in [0.29, 0.717) is 22.0 Å². The molecule has 0 aliphatic heterocycles. The number of nitrogens with zero attached hydrogens (tertiary/aromatic N) is 3. The van der Waals surface area contributed by atoms with Crippen molar-refractivity contribution in [2.45, 2.75) is 18.2 Å². The summed E-state index contributed by atoms with van der Waals surface area (Å²) < 4.78 is 25.0. The topological polar surface area (TPSA) is 106 Å². The van der Waals surface area contributed by atoms with Crippen molar-refractivity contribution >= 4 is 33.2 Å². The molecule has 1 heterocycles. The van der Waals surface area contributed by atoms with Crippen LogP contribution in [0.2, 0.25) is 5.02 Å². The molecule has 3 aromatic rings. The second kappa shape index (κ2) is 7.77. The third kappa shape index (κ3) is 4.63. The molecule has 1 amide bonds. The summed E-state index contributed by atoms with van der Waals surface area (Å²) in [6.45, 7) is 1.61. The highest BCUT2D eigenvalue weighted by molar-refractivity contribution is 7.92. The fourth-order valence-electron chi connectivity index (χ4n) is 2.37. The quantitative estimate of drug-likeness (QED) is 0.654. The first-order valence-corrected chi connectivity index (χ1v) is 9.75. The molecule has 10 heteroatoms. The number of hydrogen-bond donors (Lipinski definition) is 2. The van der Waals surface area contributed by atoms with E-state index in [-0.39, 0.29) is 17.2 Å². The lowest BCUT2D eigenvalue weighted by Crippen LogP contribution is -2.24. The van der Waals surface area contributed by atoms with Gasteiger partial charge < -0.3 is 5.32 Å². The third-order valence-electron chi connectivity index (χ3n) is 3.66. The van der Waals surface area contributed by atoms with Crippen LogP contribution in [0.4, 0.5) is 5.69 Å². The van der Waals surface area contributed by atoms with Gasteiger partial charge in [0.15, 0.2) is 0 Å². The lowest BCUT2D eigenvalue weighted by Gasteiger charge is -2.10. The molecule has 0 saturated carbocycles. The van der Waals surface area contributed by atoms with Gasteiger partial charge in [0.25, 0.3) is 10.0 Å². The Bertz CT molecular complexity index is 1070. The van der Waals surface area contributed by atoms with Crippen molar-refractivity contribution < 1.29 is 13.2 Å². The van der Waals surface area contributed by atoms with Gasteiger partial charge in [-0.3, -0.25) is 4.79 Å². The number of aromatic nitrogens is 3. The van der Waals surface area contributed by atoms with Crippen LogP contribution >= 0.6 is 11.6 Å². The van der Waals surface area contributed by atoms with Crippen molar-refractivity contribution in [3.63, 3.8) is 0 Å². The Morgan fingerprint density at radius 1 is 1.15 bits per heavy atom. The van der Waals surface area contributed by atoms with Crippen LogP contribution < -0.4 is 10.1 Å². The molecule has 0 saturated heterocycles. The van der Waals surface area contributed by atoms with Gasteiger partial charge in [-0.15, -0.1) is 5.10 Å². The number of carbonyl (C=O) groups is 1. The zero-order valence-electron chi connectivity index (χ0n) is 14.3. The number of amides is 1. The summed E-state index contributed by atoms with van der Waals surface area (Å²) in [5.41, 5.74) is 1.40. The first-order chi connectivity index (χ1) is 12.8. The van der Waals surface area contributed by atoms with Gasteiger partial charge in [0, 0.05) is 10.7 Å². The van der Waals surface area contributed by atoms with Crippen LogP contribution in [0.15, 0.2) is 59.6 Å². The van der Waals surface area contributed by atoms with Gasteiger partial charge in [-0.05, 0) is 42.0 Å². The predicted molar refractivity (Wildman–Crippen MR) is 102 cm³/mol. The minimum absolute atomic E-state index is 0.0360. The normalized spacial score (nSPS) is 11.2. The number of anilines is 1. The maximum atomic E-state index is 12.5. The SMILES string of the molecule is Cc1c(Cl)cccc1S(=O)(=O)Nn1cc(CC(=O)Nc2ccccc2)nn1. The lowest BCUT2D eigenvalue weighted by molar-refractivity contribution is -0.115. The molecular weight excluding hydrogens is 390 g/mol. The number of nitrogens with one attached hydrogen (secondary N) is 2. The van der Waals surface area contributed by atoms with E-state index in [1.165, 1.54) is 12.3 Å². The standard InChI is InChI=1S/C17H16ClN5O3S/c1-12-15(18)8-5-9-16(12)27(25,26)22-23-11-14(20-21-23)10-17(24)19-13-6-3-2-4-7-13/h2-9,11,22H,10H2,1H3,(H,19,24). The number of sulfonamides is 1. The Hall–Kier alpha value is -2.91. The van der Waals surface area contributed by atoms with Crippen molar-refractivity contribution in [1.29, 1.82) is 0 Å². The molecule has 8 nitrogen and oxygen atoms in total. The Labute approximate surface area is 161 Å². The van der Waals surface area contributed by atoms with Crippen molar-refractivity contribution in [2.24, 2.45) is 0 Å². The van der Waals surface area contributed by atoms with E-state index in [2.05, 4.69) is 20.5 Å². The fraction of sp³-hybridized carbons (Fsp3) is 0.118. The van der Waals surface area contributed by atoms with Crippen LogP contribution in [0.1, 0.15) is 11.3 Å². The van der Waals surface area contributed by atoms with Crippen molar-refractivity contribution in [1.82, 2.24) is 15.1 Å². The van der Waals surface area contributed by atoms with E-state index in [9.17, 15) is 13.2 Å². The van der Waals surface area contributed by atoms with E-state index < -0.39 is 10.0 Å². The summed E-state index contributed by atoms with van der Waals surface area (Å²) in [7, 11) is -3.90. The summed E-state index contributed by atoms with van der Waals surface area (Å²) in [6, 6.07) is 13.6. The Kier molecular flexibility index (Phi) is 5.43. The molecule has 0 atom stereocenters. The van der Waals surface area contributed by atoms with E-state index in [4.69, 9.17) is 11.6 Å². The molecule has 0 aliphatic rings. The smallest absolute Gasteiger partial charge is 0.276 e. The second-order valence-corrected chi connectivity index (χ2v) is 7.74. The van der Waals surface area contributed by atoms with Gasteiger partial charge in [-0.1, -0.05) is 35.9 Å². The fourth-order valence-corrected chi connectivity index (χ4v) is 3.80. The zero-order valence-corrected chi connectivity index (χ0v) is 15.8. The van der Waals surface area contributed by atoms with Gasteiger partial charge in [0.05, 0.1) is 23.2 Å². The van der Waals surface area contributed by atoms with Crippen LogP contribution in [-0.4, -0.2) is 29.4 Å². The van der Waals surface area contributed by atoms with Crippen LogP contribution in [0, 0.1) is 6.92 Å². The molecule has 140 valence electrons. The van der Waals surface area contributed by atoms with E-state index >= 15 is 0 Å². The van der Waals surface area contributed by atoms with Gasteiger partial charge in [-0.2, -0.15) is 18.0 Å². The highest BCUT2D eigenvalue weighted by Gasteiger charge is 2.19. The highest BCUT2D eigenvalue weighted by atomic mass is 35.5. The lowest BCUT2D eigenvalue weighted by atomic mass is 10.2. The minimum Gasteiger partial charge on any atom is -0.326 e. The first-order valence-electron chi connectivity index (χ1n) is 7.89. The Morgan fingerprint density at radius 3 is 2.63 bits per heavy atom. The third-order valence-corrected chi connectivity index (χ3v) is 5.52. The van der Waals surface area contributed by atoms with Crippen LogP contribution in [0.25, 0.3) is 0 Å². The zero-order chi connectivity index (χ0) is 19.4. The number of carbonyl (C=O) groups excluding carboxylic acids is 1. The van der Waals surface area contributed by atoms with Gasteiger partial charge in [0.2, 0.25) is 5.91 Å². The van der Waals surface area contributed by atoms with Crippen LogP contribution in [-0.2, 0) is 21.2 Å². The van der Waals surface area contributed by atoms with Crippen LogP contribution in [0.3, 0.4) is 0 Å². The average molecular weight is 406 g/mol. The van der Waals surface area contributed by atoms with Crippen LogP contribution in [0.5, 0.6) is 0 Å². The number of halogens is 1. The maximum Gasteiger partial charge on any atom is 0.276 e. The first kappa shape index (κ1) is 18.9. The highest BCUT2D eigenvalue weighted by Crippen LogP contribution is 2.22. The summed E-state index contributed by atoms with van der Waals surface area (Å²) >= 11 is 5.98. The summed E-state index contributed by atoms with van der Waals surface area (Å²) in [5.74, 6) is -0.290. The van der Waals surface area contributed by atoms with Crippen molar-refractivity contribution in [3.05, 3.63) is 71.0 Å². The number of benzene rings is 2. The molecule has 0 bridgehead atoms. The average Bonchev–Trinajstić information content (AvgIpc) is 3.04. The molecule has 0 radical (unpaired) electrons. The molecule has 2 N–H and O–H groups in total. The molecular formula is C17H16ClN5O3S. The number of rotatable bonds is 6. The molecule has 0 unspecified atom stereocenters. The number of hydrogen-bond acceptors (Lipinski definition) is 5.